The van der Waals surface area contributed by atoms with Gasteiger partial charge in [0.25, 0.3) is 0 Å². The van der Waals surface area contributed by atoms with Crippen molar-refractivity contribution in [3.8, 4) is 5.75 Å². The number of nitrogens with two attached hydrogens (primary N) is 1. The predicted octanol–water partition coefficient (Wildman–Crippen LogP) is 3.80. The summed E-state index contributed by atoms with van der Waals surface area (Å²) in [6.45, 7) is 8.81. The van der Waals surface area contributed by atoms with Crippen molar-refractivity contribution in [3.63, 3.8) is 0 Å². The molecule has 3 heteroatoms. The zero-order valence-corrected chi connectivity index (χ0v) is 13.1. The highest BCUT2D eigenvalue weighted by Crippen LogP contribution is 2.49. The van der Waals surface area contributed by atoms with Crippen molar-refractivity contribution in [1.82, 2.24) is 5.43 Å². The second kappa shape index (κ2) is 6.15. The molecule has 0 saturated heterocycles. The van der Waals surface area contributed by atoms with Gasteiger partial charge in [0, 0.05) is 5.56 Å². The molecule has 2 atom stereocenters. The first-order valence-electron chi connectivity index (χ1n) is 7.67. The summed E-state index contributed by atoms with van der Waals surface area (Å²) >= 11 is 0. The van der Waals surface area contributed by atoms with Gasteiger partial charge >= 0.3 is 0 Å². The highest BCUT2D eigenvalue weighted by Gasteiger charge is 2.40. The number of hydrazine groups is 1. The molecule has 3 N–H and O–H groups in total. The van der Waals surface area contributed by atoms with E-state index in [1.165, 1.54) is 24.8 Å². The third-order valence-corrected chi connectivity index (χ3v) is 4.54. The standard InChI is InChI=1S/C17H28N2O/c1-12(2)20-15-10-6-5-8-13(15)16(19-18)14-9-7-11-17(14,3)4/h5-6,8,10,12,14,16,19H,7,9,11,18H2,1-4H3. The van der Waals surface area contributed by atoms with Gasteiger partial charge in [-0.1, -0.05) is 38.5 Å². The van der Waals surface area contributed by atoms with Gasteiger partial charge in [-0.2, -0.15) is 0 Å². The van der Waals surface area contributed by atoms with Crippen LogP contribution in [0.4, 0.5) is 0 Å². The van der Waals surface area contributed by atoms with E-state index in [1.54, 1.807) is 0 Å². The topological polar surface area (TPSA) is 47.3 Å². The summed E-state index contributed by atoms with van der Waals surface area (Å²) in [7, 11) is 0. The van der Waals surface area contributed by atoms with Gasteiger partial charge in [0.2, 0.25) is 0 Å². The van der Waals surface area contributed by atoms with Crippen LogP contribution in [0.15, 0.2) is 24.3 Å². The Morgan fingerprint density at radius 3 is 2.55 bits per heavy atom. The number of hydrogen-bond donors (Lipinski definition) is 2. The molecule has 1 saturated carbocycles. The van der Waals surface area contributed by atoms with E-state index in [9.17, 15) is 0 Å². The van der Waals surface area contributed by atoms with Crippen LogP contribution in [0, 0.1) is 11.3 Å². The maximum Gasteiger partial charge on any atom is 0.124 e. The molecule has 0 aromatic heterocycles. The normalized spacial score (nSPS) is 23.0. The van der Waals surface area contributed by atoms with E-state index < -0.39 is 0 Å². The van der Waals surface area contributed by atoms with Crippen molar-refractivity contribution in [2.45, 2.75) is 59.1 Å². The third kappa shape index (κ3) is 3.15. The summed E-state index contributed by atoms with van der Waals surface area (Å²) in [5.74, 6) is 7.40. The van der Waals surface area contributed by atoms with Gasteiger partial charge in [-0.3, -0.25) is 11.3 Å². The molecule has 2 unspecified atom stereocenters. The minimum Gasteiger partial charge on any atom is -0.491 e. The summed E-state index contributed by atoms with van der Waals surface area (Å²) < 4.78 is 5.96. The van der Waals surface area contributed by atoms with Crippen LogP contribution in [0.25, 0.3) is 0 Å². The smallest absolute Gasteiger partial charge is 0.124 e. The Labute approximate surface area is 122 Å². The molecule has 0 heterocycles. The molecule has 20 heavy (non-hydrogen) atoms. The molecule has 1 aromatic rings. The highest BCUT2D eigenvalue weighted by molar-refractivity contribution is 5.37. The molecule has 3 nitrogen and oxygen atoms in total. The van der Waals surface area contributed by atoms with E-state index in [2.05, 4.69) is 45.3 Å². The average Bonchev–Trinajstić information content (AvgIpc) is 2.72. The van der Waals surface area contributed by atoms with E-state index in [0.29, 0.717) is 11.3 Å². The van der Waals surface area contributed by atoms with Crippen molar-refractivity contribution < 1.29 is 4.74 Å². The first-order valence-corrected chi connectivity index (χ1v) is 7.67. The second-order valence-corrected chi connectivity index (χ2v) is 6.84. The minimum absolute atomic E-state index is 0.155. The lowest BCUT2D eigenvalue weighted by Gasteiger charge is -2.35. The maximum absolute atomic E-state index is 5.96. The van der Waals surface area contributed by atoms with Gasteiger partial charge in [0.15, 0.2) is 0 Å². The summed E-state index contributed by atoms with van der Waals surface area (Å²) in [6, 6.07) is 8.42. The molecule has 0 amide bonds. The van der Waals surface area contributed by atoms with Gasteiger partial charge < -0.3 is 4.74 Å². The van der Waals surface area contributed by atoms with Crippen molar-refractivity contribution in [2.75, 3.05) is 0 Å². The van der Waals surface area contributed by atoms with Crippen molar-refractivity contribution in [1.29, 1.82) is 0 Å². The van der Waals surface area contributed by atoms with Crippen LogP contribution in [-0.2, 0) is 0 Å². The molecule has 1 aliphatic carbocycles. The molecule has 0 radical (unpaired) electrons. The molecule has 112 valence electrons. The van der Waals surface area contributed by atoms with Gasteiger partial charge in [0.1, 0.15) is 5.75 Å². The molecular weight excluding hydrogens is 248 g/mol. The van der Waals surface area contributed by atoms with E-state index in [-0.39, 0.29) is 12.1 Å². The fourth-order valence-electron chi connectivity index (χ4n) is 3.49. The zero-order valence-electron chi connectivity index (χ0n) is 13.1. The average molecular weight is 276 g/mol. The van der Waals surface area contributed by atoms with E-state index >= 15 is 0 Å². The molecule has 0 spiro atoms. The van der Waals surface area contributed by atoms with Crippen molar-refractivity contribution in [2.24, 2.45) is 17.2 Å². The van der Waals surface area contributed by atoms with Crippen LogP contribution in [-0.4, -0.2) is 6.10 Å². The van der Waals surface area contributed by atoms with E-state index in [0.717, 1.165) is 5.75 Å². The van der Waals surface area contributed by atoms with Crippen LogP contribution < -0.4 is 16.0 Å². The SMILES string of the molecule is CC(C)Oc1ccccc1C(NN)C1CCCC1(C)C. The minimum atomic E-state index is 0.155. The lowest BCUT2D eigenvalue weighted by Crippen LogP contribution is -2.38. The Hall–Kier alpha value is -1.06. The van der Waals surface area contributed by atoms with Crippen molar-refractivity contribution in [3.05, 3.63) is 29.8 Å². The lowest BCUT2D eigenvalue weighted by atomic mass is 9.75. The Kier molecular flexibility index (Phi) is 4.71. The van der Waals surface area contributed by atoms with Gasteiger partial charge in [-0.05, 0) is 44.1 Å². The van der Waals surface area contributed by atoms with Gasteiger partial charge in [0.05, 0.1) is 12.1 Å². The number of ether oxygens (including phenoxy) is 1. The molecule has 1 aromatic carbocycles. The van der Waals surface area contributed by atoms with Crippen LogP contribution >= 0.6 is 0 Å². The Bertz CT molecular complexity index is 442. The van der Waals surface area contributed by atoms with Crippen LogP contribution in [0.5, 0.6) is 5.75 Å². The largest absolute Gasteiger partial charge is 0.491 e. The molecule has 2 rings (SSSR count). The molecule has 1 aliphatic rings. The summed E-state index contributed by atoms with van der Waals surface area (Å²) in [4.78, 5) is 0. The van der Waals surface area contributed by atoms with E-state index in [4.69, 9.17) is 10.6 Å². The third-order valence-electron chi connectivity index (χ3n) is 4.54. The summed E-state index contributed by atoms with van der Waals surface area (Å²) in [6.07, 6.45) is 3.94. The number of nitrogens with one attached hydrogen (secondary N) is 1. The predicted molar refractivity (Wildman–Crippen MR) is 83.4 cm³/mol. The van der Waals surface area contributed by atoms with Crippen LogP contribution in [0.2, 0.25) is 0 Å². The van der Waals surface area contributed by atoms with Crippen molar-refractivity contribution >= 4 is 0 Å². The number of hydrogen-bond acceptors (Lipinski definition) is 3. The quantitative estimate of drug-likeness (QED) is 0.635. The van der Waals surface area contributed by atoms with Gasteiger partial charge in [-0.15, -0.1) is 0 Å². The summed E-state index contributed by atoms with van der Waals surface area (Å²) in [5.41, 5.74) is 4.55. The summed E-state index contributed by atoms with van der Waals surface area (Å²) in [5, 5.41) is 0. The Balaban J connectivity index is 2.32. The zero-order chi connectivity index (χ0) is 14.8. The molecule has 0 bridgehead atoms. The monoisotopic (exact) mass is 276 g/mol. The lowest BCUT2D eigenvalue weighted by molar-refractivity contribution is 0.188. The highest BCUT2D eigenvalue weighted by atomic mass is 16.5. The first kappa shape index (κ1) is 15.3. The second-order valence-electron chi connectivity index (χ2n) is 6.84. The van der Waals surface area contributed by atoms with Crippen LogP contribution in [0.3, 0.4) is 0 Å². The fraction of sp³-hybridized carbons (Fsp3) is 0.647. The molecule has 0 aliphatic heterocycles. The molecular formula is C17H28N2O. The number of benzene rings is 1. The number of rotatable bonds is 5. The fourth-order valence-corrected chi connectivity index (χ4v) is 3.49. The van der Waals surface area contributed by atoms with Crippen LogP contribution in [0.1, 0.15) is 58.6 Å². The molecule has 1 fully saturated rings. The Morgan fingerprint density at radius 1 is 1.30 bits per heavy atom. The number of para-hydroxylation sites is 1. The van der Waals surface area contributed by atoms with E-state index in [1.807, 2.05) is 12.1 Å². The first-order chi connectivity index (χ1) is 9.45. The maximum atomic E-state index is 5.96. The Morgan fingerprint density at radius 2 is 2.00 bits per heavy atom. The van der Waals surface area contributed by atoms with Gasteiger partial charge in [-0.25, -0.2) is 0 Å².